The average molecular weight is 445 g/mol. The van der Waals surface area contributed by atoms with Gasteiger partial charge >= 0.3 is 0 Å². The van der Waals surface area contributed by atoms with Crippen LogP contribution in [-0.4, -0.2) is 34.6 Å². The number of hydrogen-bond donors (Lipinski definition) is 1. The summed E-state index contributed by atoms with van der Waals surface area (Å²) < 4.78 is 0. The van der Waals surface area contributed by atoms with E-state index < -0.39 is 6.04 Å². The van der Waals surface area contributed by atoms with Crippen molar-refractivity contribution < 1.29 is 9.59 Å². The van der Waals surface area contributed by atoms with E-state index in [-0.39, 0.29) is 23.6 Å². The molecule has 2 aromatic rings. The zero-order chi connectivity index (χ0) is 21.5. The molecule has 4 nitrogen and oxygen atoms in total. The monoisotopic (exact) mass is 444 g/mol. The van der Waals surface area contributed by atoms with Crippen molar-refractivity contribution in [2.45, 2.75) is 63.1 Å². The zero-order valence-electron chi connectivity index (χ0n) is 17.6. The molecule has 1 fully saturated rings. The number of aryl methyl sites for hydroxylation is 1. The molecule has 0 bridgehead atoms. The minimum atomic E-state index is -0.562. The summed E-state index contributed by atoms with van der Waals surface area (Å²) in [6.07, 6.45) is 4.32. The summed E-state index contributed by atoms with van der Waals surface area (Å²) >= 11 is 7.83. The van der Waals surface area contributed by atoms with Gasteiger partial charge in [0.05, 0.1) is 5.75 Å². The van der Waals surface area contributed by atoms with Crippen LogP contribution in [0.5, 0.6) is 0 Å². The lowest BCUT2D eigenvalue weighted by atomic mass is 10.1. The predicted octanol–water partition coefficient (Wildman–Crippen LogP) is 5.22. The molecule has 0 heterocycles. The third-order valence-corrected chi connectivity index (χ3v) is 6.92. The van der Waals surface area contributed by atoms with E-state index in [4.69, 9.17) is 11.6 Å². The maximum Gasteiger partial charge on any atom is 0.242 e. The van der Waals surface area contributed by atoms with Gasteiger partial charge in [-0.3, -0.25) is 9.59 Å². The lowest BCUT2D eigenvalue weighted by Crippen LogP contribution is -2.50. The highest BCUT2D eigenvalue weighted by molar-refractivity contribution is 8.00. The molecular formula is C24H29ClN2O2S. The Hall–Kier alpha value is -1.98. The molecule has 1 aliphatic rings. The van der Waals surface area contributed by atoms with Gasteiger partial charge in [0.1, 0.15) is 6.04 Å². The van der Waals surface area contributed by atoms with Gasteiger partial charge in [0, 0.05) is 22.5 Å². The van der Waals surface area contributed by atoms with Gasteiger partial charge < -0.3 is 10.2 Å². The van der Waals surface area contributed by atoms with E-state index >= 15 is 0 Å². The van der Waals surface area contributed by atoms with Gasteiger partial charge in [-0.1, -0.05) is 60.3 Å². The van der Waals surface area contributed by atoms with Crippen LogP contribution in [0.1, 0.15) is 43.7 Å². The largest absolute Gasteiger partial charge is 0.352 e. The maximum atomic E-state index is 13.2. The molecule has 1 atom stereocenters. The van der Waals surface area contributed by atoms with E-state index in [1.165, 1.54) is 17.3 Å². The number of nitrogens with zero attached hydrogens (tertiary/aromatic N) is 1. The molecule has 0 unspecified atom stereocenters. The molecule has 1 saturated carbocycles. The number of nitrogens with one attached hydrogen (secondary N) is 1. The topological polar surface area (TPSA) is 49.4 Å². The van der Waals surface area contributed by atoms with Crippen LogP contribution >= 0.6 is 23.4 Å². The van der Waals surface area contributed by atoms with Crippen molar-refractivity contribution in [3.8, 4) is 0 Å². The molecule has 0 radical (unpaired) electrons. The lowest BCUT2D eigenvalue weighted by Gasteiger charge is -2.30. The number of benzene rings is 2. The Morgan fingerprint density at radius 3 is 2.47 bits per heavy atom. The van der Waals surface area contributed by atoms with Gasteiger partial charge in [-0.15, -0.1) is 11.8 Å². The minimum Gasteiger partial charge on any atom is -0.352 e. The third-order valence-electron chi connectivity index (χ3n) is 5.55. The number of carbonyl (C=O) groups is 2. The van der Waals surface area contributed by atoms with Crippen molar-refractivity contribution in [3.05, 3.63) is 64.7 Å². The van der Waals surface area contributed by atoms with E-state index in [1.807, 2.05) is 55.5 Å². The quantitative estimate of drug-likeness (QED) is 0.568. The van der Waals surface area contributed by atoms with Crippen molar-refractivity contribution in [2.24, 2.45) is 0 Å². The van der Waals surface area contributed by atoms with Crippen LogP contribution in [-0.2, 0) is 16.1 Å². The van der Waals surface area contributed by atoms with E-state index in [0.717, 1.165) is 36.1 Å². The van der Waals surface area contributed by atoms with E-state index in [0.29, 0.717) is 11.6 Å². The molecule has 0 aromatic heterocycles. The van der Waals surface area contributed by atoms with Crippen molar-refractivity contribution >= 4 is 35.2 Å². The number of amides is 2. The average Bonchev–Trinajstić information content (AvgIpc) is 3.25. The van der Waals surface area contributed by atoms with E-state index in [2.05, 4.69) is 5.32 Å². The summed E-state index contributed by atoms with van der Waals surface area (Å²) in [7, 11) is 0. The van der Waals surface area contributed by atoms with Gasteiger partial charge in [-0.05, 0) is 50.5 Å². The molecular weight excluding hydrogens is 416 g/mol. The van der Waals surface area contributed by atoms with Crippen LogP contribution < -0.4 is 5.32 Å². The van der Waals surface area contributed by atoms with Crippen molar-refractivity contribution in [2.75, 3.05) is 5.75 Å². The molecule has 30 heavy (non-hydrogen) atoms. The summed E-state index contributed by atoms with van der Waals surface area (Å²) in [6, 6.07) is 15.2. The Kier molecular flexibility index (Phi) is 8.23. The molecule has 0 aliphatic heterocycles. The highest BCUT2D eigenvalue weighted by atomic mass is 35.5. The number of thioether (sulfide) groups is 1. The zero-order valence-corrected chi connectivity index (χ0v) is 19.1. The summed E-state index contributed by atoms with van der Waals surface area (Å²) in [4.78, 5) is 28.7. The summed E-state index contributed by atoms with van der Waals surface area (Å²) in [5.74, 6) is 0.103. The van der Waals surface area contributed by atoms with Crippen LogP contribution in [0.4, 0.5) is 0 Å². The van der Waals surface area contributed by atoms with Crippen molar-refractivity contribution in [3.63, 3.8) is 0 Å². The molecule has 1 N–H and O–H groups in total. The summed E-state index contributed by atoms with van der Waals surface area (Å²) in [5.41, 5.74) is 2.02. The third kappa shape index (κ3) is 6.26. The Bertz CT molecular complexity index is 866. The fraction of sp³-hybridized carbons (Fsp3) is 0.417. The molecule has 2 aromatic carbocycles. The van der Waals surface area contributed by atoms with Crippen LogP contribution in [0.3, 0.4) is 0 Å². The Labute approximate surface area is 188 Å². The molecule has 1 aliphatic carbocycles. The van der Waals surface area contributed by atoms with Gasteiger partial charge in [0.2, 0.25) is 11.8 Å². The standard InChI is InChI=1S/C24H29ClN2O2S/c1-17-11-13-21(14-12-17)30-16-23(28)27(15-19-7-3-6-10-22(19)25)18(2)24(29)26-20-8-4-5-9-20/h3,6-7,10-14,18,20H,4-5,8-9,15-16H2,1-2H3,(H,26,29)/t18-/m0/s1. The second kappa shape index (κ2) is 10.9. The molecule has 0 spiro atoms. The van der Waals surface area contributed by atoms with Gasteiger partial charge in [-0.2, -0.15) is 0 Å². The first-order valence-corrected chi connectivity index (χ1v) is 11.8. The number of carbonyl (C=O) groups excluding carboxylic acids is 2. The summed E-state index contributed by atoms with van der Waals surface area (Å²) in [5, 5.41) is 3.72. The first-order valence-electron chi connectivity index (χ1n) is 10.5. The smallest absolute Gasteiger partial charge is 0.242 e. The highest BCUT2D eigenvalue weighted by Gasteiger charge is 2.28. The Morgan fingerprint density at radius 1 is 1.13 bits per heavy atom. The SMILES string of the molecule is Cc1ccc(SCC(=O)N(Cc2ccccc2Cl)[C@@H](C)C(=O)NC2CCCC2)cc1. The fourth-order valence-electron chi connectivity index (χ4n) is 3.65. The number of halogens is 1. The second-order valence-corrected chi connectivity index (χ2v) is 9.34. The molecule has 6 heteroatoms. The molecule has 3 rings (SSSR count). The Morgan fingerprint density at radius 2 is 1.80 bits per heavy atom. The fourth-order valence-corrected chi connectivity index (χ4v) is 4.63. The van der Waals surface area contributed by atoms with Crippen molar-refractivity contribution in [1.29, 1.82) is 0 Å². The molecule has 0 saturated heterocycles. The predicted molar refractivity (Wildman–Crippen MR) is 124 cm³/mol. The van der Waals surface area contributed by atoms with Gasteiger partial charge in [-0.25, -0.2) is 0 Å². The molecule has 160 valence electrons. The van der Waals surface area contributed by atoms with Crippen LogP contribution in [0.2, 0.25) is 5.02 Å². The Balaban J connectivity index is 1.71. The van der Waals surface area contributed by atoms with Crippen LogP contribution in [0.25, 0.3) is 0 Å². The normalized spacial score (nSPS) is 15.0. The lowest BCUT2D eigenvalue weighted by molar-refractivity contribution is -0.138. The number of hydrogen-bond acceptors (Lipinski definition) is 3. The van der Waals surface area contributed by atoms with Crippen molar-refractivity contribution in [1.82, 2.24) is 10.2 Å². The van der Waals surface area contributed by atoms with E-state index in [1.54, 1.807) is 11.8 Å². The molecule has 2 amide bonds. The van der Waals surface area contributed by atoms with E-state index in [9.17, 15) is 9.59 Å². The minimum absolute atomic E-state index is 0.0745. The summed E-state index contributed by atoms with van der Waals surface area (Å²) in [6.45, 7) is 4.15. The van der Waals surface area contributed by atoms with Gasteiger partial charge in [0.25, 0.3) is 0 Å². The second-order valence-electron chi connectivity index (χ2n) is 7.88. The number of rotatable bonds is 8. The van der Waals surface area contributed by atoms with Crippen LogP contribution in [0.15, 0.2) is 53.4 Å². The first kappa shape index (κ1) is 22.7. The first-order chi connectivity index (χ1) is 14.4. The maximum absolute atomic E-state index is 13.2. The van der Waals surface area contributed by atoms with Crippen LogP contribution in [0, 0.1) is 6.92 Å². The highest BCUT2D eigenvalue weighted by Crippen LogP contribution is 2.23. The van der Waals surface area contributed by atoms with Gasteiger partial charge in [0.15, 0.2) is 0 Å².